The number of hydrogen-bond acceptors (Lipinski definition) is 11. The van der Waals surface area contributed by atoms with E-state index >= 15 is 0 Å². The Bertz CT molecular complexity index is 919. The highest BCUT2D eigenvalue weighted by molar-refractivity contribution is 6.07. The Morgan fingerprint density at radius 3 is 1.44 bits per heavy atom. The average molecular weight is 644 g/mol. The molecule has 4 aliphatic heterocycles. The molecule has 260 valence electrons. The van der Waals surface area contributed by atoms with Gasteiger partial charge in [-0.05, 0) is 67.5 Å². The van der Waals surface area contributed by atoms with Crippen LogP contribution in [-0.4, -0.2) is 116 Å². The van der Waals surface area contributed by atoms with Crippen LogP contribution in [0.4, 0.5) is 9.59 Å². The predicted molar refractivity (Wildman–Crippen MR) is 170 cm³/mol. The number of nitrogens with zero attached hydrogens (tertiary/aromatic N) is 2. The predicted octanol–water partition coefficient (Wildman–Crippen LogP) is 1.46. The second-order valence-electron chi connectivity index (χ2n) is 11.5. The van der Waals surface area contributed by atoms with Gasteiger partial charge in [0.2, 0.25) is 0 Å². The Hall–Kier alpha value is -3.30. The number of hydrogen-bond donors (Lipinski definition) is 5. The van der Waals surface area contributed by atoms with E-state index in [1.54, 1.807) is 55.4 Å². The number of amides is 6. The molecule has 0 saturated carbocycles. The molecule has 4 fully saturated rings. The number of carbonyl (C=O) groups is 6. The van der Waals surface area contributed by atoms with Crippen molar-refractivity contribution in [3.05, 3.63) is 0 Å². The third-order valence-corrected chi connectivity index (χ3v) is 6.61. The van der Waals surface area contributed by atoms with Gasteiger partial charge in [-0.3, -0.25) is 29.4 Å². The molecule has 0 aliphatic carbocycles. The quantitative estimate of drug-likeness (QED) is 0.208. The van der Waals surface area contributed by atoms with Crippen LogP contribution in [0.1, 0.15) is 87.5 Å². The Balaban J connectivity index is 0.000000575. The third kappa shape index (κ3) is 17.7. The van der Waals surface area contributed by atoms with Gasteiger partial charge in [0.05, 0.1) is 19.9 Å². The highest BCUT2D eigenvalue weighted by Gasteiger charge is 2.44. The van der Waals surface area contributed by atoms with Crippen molar-refractivity contribution in [3.8, 4) is 0 Å². The molecule has 4 rings (SSSR count). The highest BCUT2D eigenvalue weighted by atomic mass is 16.5. The summed E-state index contributed by atoms with van der Waals surface area (Å²) in [6.45, 7) is 21.3. The normalized spacial score (nSPS) is 19.7. The molecular formula is C30H57N7O8. The summed E-state index contributed by atoms with van der Waals surface area (Å²) in [6, 6.07) is -0.696. The first-order chi connectivity index (χ1) is 21.1. The molecule has 4 aliphatic rings. The molecule has 0 bridgehead atoms. The van der Waals surface area contributed by atoms with Crippen LogP contribution in [0.5, 0.6) is 0 Å². The van der Waals surface area contributed by atoms with Crippen LogP contribution in [0, 0.1) is 0 Å². The van der Waals surface area contributed by atoms with E-state index in [9.17, 15) is 28.8 Å². The van der Waals surface area contributed by atoms with Gasteiger partial charge < -0.3 is 30.7 Å². The molecule has 0 atom stereocenters. The minimum Gasteiger partial charge on any atom is -0.466 e. The van der Waals surface area contributed by atoms with Crippen molar-refractivity contribution in [2.24, 2.45) is 0 Å². The van der Waals surface area contributed by atoms with Gasteiger partial charge in [-0.2, -0.15) is 0 Å². The Morgan fingerprint density at radius 2 is 1.20 bits per heavy atom. The van der Waals surface area contributed by atoms with Gasteiger partial charge >= 0.3 is 24.0 Å². The van der Waals surface area contributed by atoms with Gasteiger partial charge in [-0.25, -0.2) is 14.5 Å². The number of piperidine rings is 1. The first-order valence-electron chi connectivity index (χ1n) is 15.9. The summed E-state index contributed by atoms with van der Waals surface area (Å²) in [7, 11) is 0. The molecular weight excluding hydrogens is 586 g/mol. The summed E-state index contributed by atoms with van der Waals surface area (Å²) in [5, 5.41) is 13.8. The molecule has 15 heteroatoms. The van der Waals surface area contributed by atoms with Crippen molar-refractivity contribution in [2.45, 2.75) is 98.6 Å². The highest BCUT2D eigenvalue weighted by Crippen LogP contribution is 2.16. The maximum atomic E-state index is 11.9. The maximum Gasteiger partial charge on any atom is 0.326 e. The molecule has 0 aromatic heterocycles. The van der Waals surface area contributed by atoms with Gasteiger partial charge in [0, 0.05) is 39.0 Å². The maximum absolute atomic E-state index is 11.9. The fourth-order valence-corrected chi connectivity index (χ4v) is 3.96. The molecule has 45 heavy (non-hydrogen) atoms. The Kier molecular flexibility index (Phi) is 20.6. The molecule has 0 unspecified atom stereocenters. The average Bonchev–Trinajstić information content (AvgIpc) is 3.37. The van der Waals surface area contributed by atoms with Crippen LogP contribution in [0.2, 0.25) is 0 Å². The molecule has 4 saturated heterocycles. The van der Waals surface area contributed by atoms with Crippen molar-refractivity contribution in [1.29, 1.82) is 0 Å². The number of ether oxygens (including phenoxy) is 2. The number of rotatable bonds is 6. The van der Waals surface area contributed by atoms with E-state index in [4.69, 9.17) is 0 Å². The molecule has 4 heterocycles. The molecule has 0 radical (unpaired) electrons. The first kappa shape index (κ1) is 41.7. The van der Waals surface area contributed by atoms with Gasteiger partial charge in [-0.1, -0.05) is 20.3 Å². The van der Waals surface area contributed by atoms with E-state index < -0.39 is 17.1 Å². The van der Waals surface area contributed by atoms with Crippen LogP contribution in [0.25, 0.3) is 0 Å². The fourth-order valence-electron chi connectivity index (χ4n) is 3.96. The zero-order valence-electron chi connectivity index (χ0n) is 28.6. The largest absolute Gasteiger partial charge is 0.466 e. The third-order valence-electron chi connectivity index (χ3n) is 6.61. The smallest absolute Gasteiger partial charge is 0.326 e. The lowest BCUT2D eigenvalue weighted by atomic mass is 10.1. The zero-order chi connectivity index (χ0) is 34.5. The van der Waals surface area contributed by atoms with E-state index in [1.807, 2.05) is 0 Å². The minimum absolute atomic E-state index is 0.123. The van der Waals surface area contributed by atoms with E-state index in [0.717, 1.165) is 26.2 Å². The summed E-state index contributed by atoms with van der Waals surface area (Å²) in [5.41, 5.74) is -1.48. The van der Waals surface area contributed by atoms with Crippen LogP contribution < -0.4 is 26.6 Å². The van der Waals surface area contributed by atoms with Crippen LogP contribution in [0.3, 0.4) is 0 Å². The van der Waals surface area contributed by atoms with Gasteiger partial charge in [-0.15, -0.1) is 0 Å². The number of carbonyl (C=O) groups excluding carboxylic acids is 6. The minimum atomic E-state index is -0.759. The Labute approximate surface area is 268 Å². The first-order valence-corrected chi connectivity index (χ1v) is 15.9. The van der Waals surface area contributed by atoms with Gasteiger partial charge in [0.1, 0.15) is 11.1 Å². The SMILES string of the molecule is C1CCNCC1.CC1(C)NC(=O)N(CN2CCNCC2)C1=O.CC1(C)NC(=O)NC1=O.CCOC(=O)CC.CCOC(=O)CC. The lowest BCUT2D eigenvalue weighted by Gasteiger charge is -2.30. The number of urea groups is 2. The summed E-state index contributed by atoms with van der Waals surface area (Å²) < 4.78 is 9.10. The molecule has 15 nitrogen and oxygen atoms in total. The summed E-state index contributed by atoms with van der Waals surface area (Å²) in [6.07, 6.45) is 5.18. The molecule has 0 spiro atoms. The fraction of sp³-hybridized carbons (Fsp3) is 0.800. The van der Waals surface area contributed by atoms with Crippen LogP contribution >= 0.6 is 0 Å². The molecule has 5 N–H and O–H groups in total. The van der Waals surface area contributed by atoms with Gasteiger partial charge in [0.15, 0.2) is 0 Å². The lowest BCUT2D eigenvalue weighted by Crippen LogP contribution is -2.50. The van der Waals surface area contributed by atoms with E-state index in [1.165, 1.54) is 37.3 Å². The second kappa shape index (κ2) is 22.2. The van der Waals surface area contributed by atoms with Crippen LogP contribution in [0.15, 0.2) is 0 Å². The topological polar surface area (TPSA) is 188 Å². The Morgan fingerprint density at radius 1 is 0.711 bits per heavy atom. The number of nitrogens with one attached hydrogen (secondary N) is 5. The summed E-state index contributed by atoms with van der Waals surface area (Å²) in [4.78, 5) is 68.5. The molecule has 6 amide bonds. The lowest BCUT2D eigenvalue weighted by molar-refractivity contribution is -0.143. The second-order valence-corrected chi connectivity index (χ2v) is 11.5. The van der Waals surface area contributed by atoms with Gasteiger partial charge in [0.25, 0.3) is 11.8 Å². The zero-order valence-corrected chi connectivity index (χ0v) is 28.6. The summed E-state index contributed by atoms with van der Waals surface area (Å²) in [5.74, 6) is -0.659. The number of piperazine rings is 1. The van der Waals surface area contributed by atoms with Crippen LogP contribution in [-0.2, 0) is 28.7 Å². The van der Waals surface area contributed by atoms with E-state index in [2.05, 4.69) is 41.0 Å². The van der Waals surface area contributed by atoms with Crippen molar-refractivity contribution in [1.82, 2.24) is 36.4 Å². The molecule has 0 aromatic rings. The van der Waals surface area contributed by atoms with Crippen molar-refractivity contribution < 1.29 is 38.2 Å². The monoisotopic (exact) mass is 643 g/mol. The van der Waals surface area contributed by atoms with E-state index in [-0.39, 0.29) is 29.8 Å². The number of imide groups is 2. The van der Waals surface area contributed by atoms with Crippen molar-refractivity contribution in [3.63, 3.8) is 0 Å². The van der Waals surface area contributed by atoms with Crippen molar-refractivity contribution in [2.75, 3.05) is 59.2 Å². The van der Waals surface area contributed by atoms with E-state index in [0.29, 0.717) is 32.7 Å². The molecule has 0 aromatic carbocycles. The standard InChI is InChI=1S/C10H18N4O2.C5H8N2O2.C5H11N.2C5H10O2/c1-10(2)8(15)14(9(16)12-10)7-13-5-3-11-4-6-13;1-5(2)3(8)6-4(9)7-5;1-2-4-6-5-3-1;2*1-3-5(6)7-4-2/h11H,3-7H2,1-2H3,(H,12,16);1-2H3,(H2,6,7,8,9);6H,1-5H2;2*3-4H2,1-2H3. The van der Waals surface area contributed by atoms with Crippen molar-refractivity contribution >= 4 is 35.8 Å². The number of esters is 2. The summed E-state index contributed by atoms with van der Waals surface area (Å²) >= 11 is 0.